The summed E-state index contributed by atoms with van der Waals surface area (Å²) in [6, 6.07) is 0. The van der Waals surface area contributed by atoms with Crippen molar-refractivity contribution < 1.29 is 8.76 Å². The summed E-state index contributed by atoms with van der Waals surface area (Å²) in [5.74, 6) is 0. The smallest absolute Gasteiger partial charge is 0.244 e. The molecule has 50 valence electrons. The van der Waals surface area contributed by atoms with E-state index >= 15 is 0 Å². The molecule has 0 amide bonds. The Morgan fingerprint density at radius 1 is 1.88 bits per heavy atom. The highest BCUT2D eigenvalue weighted by Gasteiger charge is 2.01. The molecule has 0 aromatic carbocycles. The first-order valence-corrected chi connectivity index (χ1v) is 4.00. The monoisotopic (exact) mass is 201 g/mol. The molecule has 0 heterocycles. The van der Waals surface area contributed by atoms with E-state index < -0.39 is 11.3 Å². The summed E-state index contributed by atoms with van der Waals surface area (Å²) in [6.07, 6.45) is 0.859. The molecule has 0 aliphatic carbocycles. The summed E-state index contributed by atoms with van der Waals surface area (Å²) in [5, 5.41) is 0. The van der Waals surface area contributed by atoms with Crippen molar-refractivity contribution in [3.05, 3.63) is 0 Å². The van der Waals surface area contributed by atoms with Gasteiger partial charge in [0, 0.05) is 22.7 Å². The lowest BCUT2D eigenvalue weighted by molar-refractivity contribution is 0.514. The van der Waals surface area contributed by atoms with Crippen LogP contribution in [0.15, 0.2) is 0 Å². The lowest BCUT2D eigenvalue weighted by Gasteiger charge is -2.04. The maximum Gasteiger partial charge on any atom is 0.244 e. The van der Waals surface area contributed by atoms with Crippen molar-refractivity contribution in [1.82, 2.24) is 3.33 Å². The first-order valence-electron chi connectivity index (χ1n) is 2.22. The van der Waals surface area contributed by atoms with Crippen molar-refractivity contribution in [2.45, 2.75) is 13.3 Å². The summed E-state index contributed by atoms with van der Waals surface area (Å²) in [6.45, 7) is 2.52. The number of hydrogen-bond acceptors (Lipinski definition) is 1. The second-order valence-electron chi connectivity index (χ2n) is 1.27. The maximum absolute atomic E-state index is 10.1. The predicted molar refractivity (Wildman–Crippen MR) is 36.7 cm³/mol. The van der Waals surface area contributed by atoms with Gasteiger partial charge in [-0.3, -0.25) is 4.55 Å². The van der Waals surface area contributed by atoms with Gasteiger partial charge in [-0.05, 0) is 6.42 Å². The molecule has 0 aromatic heterocycles. The standard InChI is InChI=1S/C3H8BrNO2S/c1-2-3-5(4)8(6)7/h2-3H2,1H3,(H,6,7). The van der Waals surface area contributed by atoms with Crippen molar-refractivity contribution >= 4 is 27.4 Å². The molecular formula is C3H8BrNO2S. The molecule has 0 spiro atoms. The van der Waals surface area contributed by atoms with Gasteiger partial charge in [0.25, 0.3) is 0 Å². The van der Waals surface area contributed by atoms with Crippen LogP contribution in [0.2, 0.25) is 0 Å². The van der Waals surface area contributed by atoms with E-state index in [1.54, 1.807) is 0 Å². The summed E-state index contributed by atoms with van der Waals surface area (Å²) in [7, 11) is 0. The highest BCUT2D eigenvalue weighted by atomic mass is 79.9. The lowest BCUT2D eigenvalue weighted by atomic mass is 10.5. The van der Waals surface area contributed by atoms with E-state index in [2.05, 4.69) is 16.1 Å². The van der Waals surface area contributed by atoms with Gasteiger partial charge in [-0.15, -0.1) is 3.33 Å². The fourth-order valence-electron chi connectivity index (χ4n) is 0.254. The zero-order valence-electron chi connectivity index (χ0n) is 4.50. The molecule has 0 bridgehead atoms. The number of rotatable bonds is 3. The molecule has 0 aliphatic rings. The second-order valence-corrected chi connectivity index (χ2v) is 3.50. The second kappa shape index (κ2) is 4.43. The molecule has 0 saturated heterocycles. The summed E-state index contributed by atoms with van der Waals surface area (Å²) in [5.41, 5.74) is 0. The Bertz CT molecular complexity index is 89.4. The molecule has 5 heteroatoms. The van der Waals surface area contributed by atoms with Crippen molar-refractivity contribution in [1.29, 1.82) is 0 Å². The van der Waals surface area contributed by atoms with E-state index in [0.29, 0.717) is 6.54 Å². The van der Waals surface area contributed by atoms with E-state index in [1.165, 1.54) is 3.33 Å². The third kappa shape index (κ3) is 3.54. The molecular weight excluding hydrogens is 194 g/mol. The van der Waals surface area contributed by atoms with Crippen molar-refractivity contribution in [3.8, 4) is 0 Å². The minimum Gasteiger partial charge on any atom is -0.293 e. The first-order chi connectivity index (χ1) is 3.68. The molecule has 0 aromatic rings. The molecule has 0 aliphatic heterocycles. The first kappa shape index (κ1) is 8.55. The van der Waals surface area contributed by atoms with Crippen LogP contribution in [0.5, 0.6) is 0 Å². The van der Waals surface area contributed by atoms with Gasteiger partial charge in [-0.2, -0.15) is 0 Å². The Morgan fingerprint density at radius 3 is 2.50 bits per heavy atom. The Labute approximate surface area is 59.8 Å². The van der Waals surface area contributed by atoms with Gasteiger partial charge in [0.15, 0.2) is 0 Å². The van der Waals surface area contributed by atoms with Gasteiger partial charge >= 0.3 is 0 Å². The van der Waals surface area contributed by atoms with Crippen LogP contribution >= 0.6 is 16.1 Å². The van der Waals surface area contributed by atoms with Crippen LogP contribution in [-0.4, -0.2) is 18.6 Å². The van der Waals surface area contributed by atoms with Crippen molar-refractivity contribution in [2.24, 2.45) is 0 Å². The Balaban J connectivity index is 3.32. The van der Waals surface area contributed by atoms with Gasteiger partial charge < -0.3 is 0 Å². The van der Waals surface area contributed by atoms with Gasteiger partial charge in [-0.25, -0.2) is 4.21 Å². The molecule has 8 heavy (non-hydrogen) atoms. The SMILES string of the molecule is CCCN(Br)S(=O)O. The quantitative estimate of drug-likeness (QED) is 0.550. The van der Waals surface area contributed by atoms with Gasteiger partial charge in [0.2, 0.25) is 11.3 Å². The molecule has 0 saturated carbocycles. The van der Waals surface area contributed by atoms with Crippen molar-refractivity contribution in [2.75, 3.05) is 6.54 Å². The number of hydrogen-bond donors (Lipinski definition) is 1. The van der Waals surface area contributed by atoms with Gasteiger partial charge in [-0.1, -0.05) is 6.92 Å². The van der Waals surface area contributed by atoms with E-state index in [-0.39, 0.29) is 0 Å². The Kier molecular flexibility index (Phi) is 4.74. The minimum absolute atomic E-state index is 0.586. The van der Waals surface area contributed by atoms with E-state index in [4.69, 9.17) is 4.55 Å². The van der Waals surface area contributed by atoms with Crippen LogP contribution in [0.4, 0.5) is 0 Å². The summed E-state index contributed by atoms with van der Waals surface area (Å²) >= 11 is 1.03. The zero-order chi connectivity index (χ0) is 6.57. The van der Waals surface area contributed by atoms with Crippen LogP contribution in [0.25, 0.3) is 0 Å². The normalized spacial score (nSPS) is 14.5. The van der Waals surface area contributed by atoms with E-state index in [0.717, 1.165) is 6.42 Å². The average molecular weight is 202 g/mol. The van der Waals surface area contributed by atoms with Crippen LogP contribution in [0.3, 0.4) is 0 Å². The molecule has 3 nitrogen and oxygen atoms in total. The third-order valence-electron chi connectivity index (χ3n) is 0.569. The van der Waals surface area contributed by atoms with Crippen molar-refractivity contribution in [3.63, 3.8) is 0 Å². The minimum atomic E-state index is -1.86. The fourth-order valence-corrected chi connectivity index (χ4v) is 0.947. The highest BCUT2D eigenvalue weighted by molar-refractivity contribution is 9.08. The van der Waals surface area contributed by atoms with Crippen LogP contribution < -0.4 is 0 Å². The molecule has 0 rings (SSSR count). The third-order valence-corrected chi connectivity index (χ3v) is 2.19. The molecule has 1 N–H and O–H groups in total. The van der Waals surface area contributed by atoms with E-state index in [1.807, 2.05) is 6.92 Å². The molecule has 0 radical (unpaired) electrons. The largest absolute Gasteiger partial charge is 0.293 e. The maximum atomic E-state index is 10.1. The molecule has 1 atom stereocenters. The Hall–Kier alpha value is 0.550. The van der Waals surface area contributed by atoms with Crippen LogP contribution in [0, 0.1) is 0 Å². The predicted octanol–water partition coefficient (Wildman–Crippen LogP) is 1.15. The highest BCUT2D eigenvalue weighted by Crippen LogP contribution is 2.00. The Morgan fingerprint density at radius 2 is 2.38 bits per heavy atom. The van der Waals surface area contributed by atoms with Crippen LogP contribution in [0.1, 0.15) is 13.3 Å². The fraction of sp³-hybridized carbons (Fsp3) is 1.00. The molecule has 0 fully saturated rings. The lowest BCUT2D eigenvalue weighted by Crippen LogP contribution is -2.13. The topological polar surface area (TPSA) is 40.5 Å². The van der Waals surface area contributed by atoms with E-state index in [9.17, 15) is 4.21 Å². The summed E-state index contributed by atoms with van der Waals surface area (Å²) in [4.78, 5) is 0. The average Bonchev–Trinajstić information content (AvgIpc) is 1.67. The molecule has 1 unspecified atom stereocenters. The number of halogens is 1. The zero-order valence-corrected chi connectivity index (χ0v) is 6.91. The summed E-state index contributed by atoms with van der Waals surface area (Å²) < 4.78 is 19.6. The van der Waals surface area contributed by atoms with Crippen LogP contribution in [-0.2, 0) is 11.3 Å². The van der Waals surface area contributed by atoms with Gasteiger partial charge in [0.1, 0.15) is 0 Å². The number of nitrogens with zero attached hydrogens (tertiary/aromatic N) is 1. The van der Waals surface area contributed by atoms with Gasteiger partial charge in [0.05, 0.1) is 0 Å².